The molecule has 0 N–H and O–H groups in total. The number of carbonyl (C=O) groups excluding carboxylic acids is 2. The van der Waals surface area contributed by atoms with Crippen LogP contribution in [0, 0.1) is 5.82 Å². The van der Waals surface area contributed by atoms with Gasteiger partial charge in [0.05, 0.1) is 23.1 Å². The predicted molar refractivity (Wildman–Crippen MR) is 138 cm³/mol. The van der Waals surface area contributed by atoms with Crippen LogP contribution in [-0.2, 0) is 11.4 Å². The lowest BCUT2D eigenvalue weighted by Crippen LogP contribution is -2.32. The number of nitrogens with zero attached hydrogens (tertiary/aromatic N) is 1. The van der Waals surface area contributed by atoms with Crippen molar-refractivity contribution in [1.82, 2.24) is 4.90 Å². The topological polar surface area (TPSA) is 65.1 Å². The number of hydrogen-bond acceptors (Lipinski definition) is 6. The Hall–Kier alpha value is -3.49. The summed E-state index contributed by atoms with van der Waals surface area (Å²) in [7, 11) is 0. The zero-order valence-electron chi connectivity index (χ0n) is 19.4. The Labute approximate surface area is 217 Å². The molecule has 0 unspecified atom stereocenters. The fourth-order valence-electron chi connectivity index (χ4n) is 3.43. The summed E-state index contributed by atoms with van der Waals surface area (Å²) in [5.41, 5.74) is 1.35. The van der Waals surface area contributed by atoms with Crippen LogP contribution in [0.25, 0.3) is 6.08 Å². The smallest absolute Gasteiger partial charge is 0.293 e. The van der Waals surface area contributed by atoms with Crippen LogP contribution in [0.5, 0.6) is 17.2 Å². The number of carbonyl (C=O) groups is 2. The lowest BCUT2D eigenvalue weighted by atomic mass is 10.1. The molecule has 0 bridgehead atoms. The van der Waals surface area contributed by atoms with Gasteiger partial charge in [0.25, 0.3) is 11.1 Å². The van der Waals surface area contributed by atoms with Gasteiger partial charge in [0.2, 0.25) is 0 Å². The number of thioether (sulfide) groups is 1. The Balaban J connectivity index is 1.46. The van der Waals surface area contributed by atoms with E-state index >= 15 is 0 Å². The highest BCUT2D eigenvalue weighted by atomic mass is 35.5. The number of hydrogen-bond donors (Lipinski definition) is 0. The van der Waals surface area contributed by atoms with Gasteiger partial charge in [0, 0.05) is 0 Å². The van der Waals surface area contributed by atoms with E-state index < -0.39 is 5.91 Å². The second-order valence-corrected chi connectivity index (χ2v) is 9.07. The summed E-state index contributed by atoms with van der Waals surface area (Å²) >= 11 is 7.35. The molecule has 2 amide bonds. The Morgan fingerprint density at radius 2 is 1.75 bits per heavy atom. The molecule has 3 aromatic carbocycles. The van der Waals surface area contributed by atoms with E-state index in [1.165, 1.54) is 12.1 Å². The first-order chi connectivity index (χ1) is 17.4. The summed E-state index contributed by atoms with van der Waals surface area (Å²) in [6, 6.07) is 18.5. The highest BCUT2D eigenvalue weighted by Crippen LogP contribution is 2.39. The molecule has 1 aliphatic heterocycles. The summed E-state index contributed by atoms with van der Waals surface area (Å²) in [5.74, 6) is 0.677. The Kier molecular flexibility index (Phi) is 8.51. The molecule has 186 valence electrons. The van der Waals surface area contributed by atoms with Crippen LogP contribution < -0.4 is 14.2 Å². The van der Waals surface area contributed by atoms with Crippen molar-refractivity contribution < 1.29 is 28.2 Å². The average Bonchev–Trinajstić information content (AvgIpc) is 3.13. The predicted octanol–water partition coefficient (Wildman–Crippen LogP) is 6.57. The summed E-state index contributed by atoms with van der Waals surface area (Å²) in [5, 5.41) is -0.0805. The van der Waals surface area contributed by atoms with Crippen LogP contribution in [0.2, 0.25) is 5.02 Å². The molecule has 3 aromatic rings. The summed E-state index contributed by atoms with van der Waals surface area (Å²) < 4.78 is 30.3. The number of benzene rings is 3. The minimum Gasteiger partial charge on any atom is -0.492 e. The molecule has 36 heavy (non-hydrogen) atoms. The molecule has 1 saturated heterocycles. The Bertz CT molecular complexity index is 1270. The molecular formula is C27H23ClFNO5S. The SMILES string of the molecule is CCOc1cc(/C=C2\SC(=O)N(CCOc3ccccc3)C2=O)cc(Cl)c1OCc1ccc(F)cc1. The van der Waals surface area contributed by atoms with Crippen molar-refractivity contribution in [2.75, 3.05) is 19.8 Å². The van der Waals surface area contributed by atoms with Crippen molar-refractivity contribution in [3.8, 4) is 17.2 Å². The normalized spacial score (nSPS) is 14.4. The highest BCUT2D eigenvalue weighted by molar-refractivity contribution is 8.18. The van der Waals surface area contributed by atoms with Crippen molar-refractivity contribution in [3.05, 3.63) is 93.6 Å². The van der Waals surface area contributed by atoms with Crippen LogP contribution in [0.4, 0.5) is 9.18 Å². The summed E-state index contributed by atoms with van der Waals surface area (Å²) in [4.78, 5) is 26.7. The lowest BCUT2D eigenvalue weighted by molar-refractivity contribution is -0.123. The Morgan fingerprint density at radius 3 is 2.47 bits per heavy atom. The number of rotatable bonds is 10. The number of amides is 2. The van der Waals surface area contributed by atoms with Gasteiger partial charge in [0.1, 0.15) is 24.8 Å². The first-order valence-electron chi connectivity index (χ1n) is 11.2. The van der Waals surface area contributed by atoms with Gasteiger partial charge in [-0.15, -0.1) is 0 Å². The highest BCUT2D eigenvalue weighted by Gasteiger charge is 2.35. The van der Waals surface area contributed by atoms with E-state index in [0.29, 0.717) is 29.4 Å². The van der Waals surface area contributed by atoms with E-state index in [1.54, 1.807) is 42.5 Å². The largest absolute Gasteiger partial charge is 0.492 e. The Morgan fingerprint density at radius 1 is 1.00 bits per heavy atom. The first-order valence-corrected chi connectivity index (χ1v) is 12.4. The standard InChI is InChI=1S/C27H23ClFNO5S/c1-2-33-23-15-19(14-22(28)25(23)35-17-18-8-10-20(29)11-9-18)16-24-26(31)30(27(32)36-24)12-13-34-21-6-4-3-5-7-21/h3-11,14-16H,2,12-13,17H2,1H3/b24-16-. The molecule has 1 heterocycles. The van der Waals surface area contributed by atoms with Crippen molar-refractivity contribution in [1.29, 1.82) is 0 Å². The zero-order chi connectivity index (χ0) is 25.5. The molecular weight excluding hydrogens is 505 g/mol. The number of imide groups is 1. The molecule has 1 fully saturated rings. The summed E-state index contributed by atoms with van der Waals surface area (Å²) in [6.45, 7) is 2.69. The first kappa shape index (κ1) is 25.6. The number of halogens is 2. The van der Waals surface area contributed by atoms with E-state index in [1.807, 2.05) is 25.1 Å². The van der Waals surface area contributed by atoms with Gasteiger partial charge in [-0.2, -0.15) is 0 Å². The maximum absolute atomic E-state index is 13.2. The van der Waals surface area contributed by atoms with Gasteiger partial charge in [-0.1, -0.05) is 41.9 Å². The third-order valence-electron chi connectivity index (χ3n) is 5.13. The molecule has 9 heteroatoms. The van der Waals surface area contributed by atoms with Gasteiger partial charge in [-0.25, -0.2) is 4.39 Å². The molecule has 0 atom stereocenters. The van der Waals surface area contributed by atoms with Crippen LogP contribution >= 0.6 is 23.4 Å². The second-order valence-electron chi connectivity index (χ2n) is 7.67. The third kappa shape index (κ3) is 6.38. The van der Waals surface area contributed by atoms with E-state index in [2.05, 4.69) is 0 Å². The monoisotopic (exact) mass is 527 g/mol. The minimum atomic E-state index is -0.396. The van der Waals surface area contributed by atoms with E-state index in [-0.39, 0.29) is 40.7 Å². The quantitative estimate of drug-likeness (QED) is 0.278. The third-order valence-corrected chi connectivity index (χ3v) is 6.31. The van der Waals surface area contributed by atoms with Crippen molar-refractivity contribution in [2.24, 2.45) is 0 Å². The average molecular weight is 528 g/mol. The van der Waals surface area contributed by atoms with Crippen molar-refractivity contribution >= 4 is 40.6 Å². The number of para-hydroxylation sites is 1. The zero-order valence-corrected chi connectivity index (χ0v) is 21.0. The van der Waals surface area contributed by atoms with Crippen LogP contribution in [0.15, 0.2) is 71.6 Å². The minimum absolute atomic E-state index is 0.137. The van der Waals surface area contributed by atoms with Gasteiger partial charge in [-0.3, -0.25) is 14.5 Å². The van der Waals surface area contributed by atoms with Gasteiger partial charge < -0.3 is 14.2 Å². The van der Waals surface area contributed by atoms with Crippen LogP contribution in [0.3, 0.4) is 0 Å². The molecule has 0 saturated carbocycles. The lowest BCUT2D eigenvalue weighted by Gasteiger charge is -2.15. The second kappa shape index (κ2) is 12.0. The molecule has 0 radical (unpaired) electrons. The fraction of sp³-hybridized carbons (Fsp3) is 0.185. The van der Waals surface area contributed by atoms with Crippen molar-refractivity contribution in [3.63, 3.8) is 0 Å². The van der Waals surface area contributed by atoms with Gasteiger partial charge in [0.15, 0.2) is 11.5 Å². The van der Waals surface area contributed by atoms with E-state index in [9.17, 15) is 14.0 Å². The maximum atomic E-state index is 13.2. The molecule has 0 aromatic heterocycles. The fourth-order valence-corrected chi connectivity index (χ4v) is 4.56. The molecule has 4 rings (SSSR count). The van der Waals surface area contributed by atoms with Gasteiger partial charge in [-0.05, 0) is 72.3 Å². The number of ether oxygens (including phenoxy) is 3. The van der Waals surface area contributed by atoms with Crippen molar-refractivity contribution in [2.45, 2.75) is 13.5 Å². The van der Waals surface area contributed by atoms with Crippen LogP contribution in [0.1, 0.15) is 18.1 Å². The van der Waals surface area contributed by atoms with Crippen LogP contribution in [-0.4, -0.2) is 35.8 Å². The molecule has 0 spiro atoms. The van der Waals surface area contributed by atoms with Gasteiger partial charge >= 0.3 is 0 Å². The van der Waals surface area contributed by atoms with E-state index in [4.69, 9.17) is 25.8 Å². The maximum Gasteiger partial charge on any atom is 0.293 e. The molecule has 6 nitrogen and oxygen atoms in total. The summed E-state index contributed by atoms with van der Waals surface area (Å²) in [6.07, 6.45) is 1.60. The van der Waals surface area contributed by atoms with E-state index in [0.717, 1.165) is 22.2 Å². The molecule has 1 aliphatic rings. The molecule has 0 aliphatic carbocycles.